The van der Waals surface area contributed by atoms with Crippen molar-refractivity contribution in [3.8, 4) is 17.1 Å². The molecule has 0 aliphatic carbocycles. The molecule has 8 heteroatoms. The number of carbonyl (C=O) groups excluding carboxylic acids is 1. The van der Waals surface area contributed by atoms with E-state index in [2.05, 4.69) is 14.8 Å². The molecule has 0 radical (unpaired) electrons. The number of H-pyrrole nitrogens is 1. The molecular weight excluding hydrogens is 296 g/mol. The van der Waals surface area contributed by atoms with E-state index >= 15 is 0 Å². The summed E-state index contributed by atoms with van der Waals surface area (Å²) >= 11 is 0. The van der Waals surface area contributed by atoms with Crippen LogP contribution in [0.5, 0.6) is 5.88 Å². The average Bonchev–Trinajstić information content (AvgIpc) is 3.01. The lowest BCUT2D eigenvalue weighted by atomic mass is 10.1. The van der Waals surface area contributed by atoms with E-state index in [0.29, 0.717) is 5.69 Å². The zero-order valence-corrected chi connectivity index (χ0v) is 12.7. The highest BCUT2D eigenvalue weighted by molar-refractivity contribution is 5.97. The maximum atomic E-state index is 12.5. The number of hydrogen-bond acceptors (Lipinski definition) is 4. The van der Waals surface area contributed by atoms with Crippen molar-refractivity contribution in [2.24, 2.45) is 7.05 Å². The van der Waals surface area contributed by atoms with Gasteiger partial charge < -0.3 is 14.5 Å². The van der Waals surface area contributed by atoms with Gasteiger partial charge in [0.15, 0.2) is 0 Å². The molecule has 0 spiro atoms. The predicted molar refractivity (Wildman–Crippen MR) is 75.1 cm³/mol. The van der Waals surface area contributed by atoms with Gasteiger partial charge in [-0.25, -0.2) is 4.79 Å². The van der Waals surface area contributed by atoms with Crippen LogP contribution < -0.4 is 4.74 Å². The van der Waals surface area contributed by atoms with E-state index in [4.69, 9.17) is 4.74 Å². The quantitative estimate of drug-likeness (QED) is 0.862. The predicted octanol–water partition coefficient (Wildman–Crippen LogP) is 2.93. The van der Waals surface area contributed by atoms with Gasteiger partial charge >= 0.3 is 12.6 Å². The molecule has 120 valence electrons. The molecule has 6 nitrogen and oxygen atoms in total. The Labute approximate surface area is 126 Å². The Kier molecular flexibility index (Phi) is 4.48. The lowest BCUT2D eigenvalue weighted by molar-refractivity contribution is -0.0527. The number of aromatic amines is 1. The fourth-order valence-electron chi connectivity index (χ4n) is 2.08. The van der Waals surface area contributed by atoms with E-state index in [1.807, 2.05) is 13.8 Å². The van der Waals surface area contributed by atoms with E-state index < -0.39 is 12.6 Å². The van der Waals surface area contributed by atoms with Crippen molar-refractivity contribution in [3.63, 3.8) is 0 Å². The zero-order chi connectivity index (χ0) is 16.4. The lowest BCUT2D eigenvalue weighted by Crippen LogP contribution is -2.05. The first-order chi connectivity index (χ1) is 10.3. The van der Waals surface area contributed by atoms with Gasteiger partial charge in [0.05, 0.1) is 23.9 Å². The van der Waals surface area contributed by atoms with Crippen molar-refractivity contribution in [2.75, 3.05) is 7.11 Å². The Morgan fingerprint density at radius 3 is 2.64 bits per heavy atom. The van der Waals surface area contributed by atoms with Gasteiger partial charge in [-0.3, -0.25) is 4.68 Å². The number of methoxy groups -OCH3 is 1. The molecule has 0 bridgehead atoms. The van der Waals surface area contributed by atoms with Crippen molar-refractivity contribution >= 4 is 5.97 Å². The Morgan fingerprint density at radius 1 is 1.41 bits per heavy atom. The number of esters is 1. The minimum Gasteiger partial charge on any atom is -0.465 e. The molecule has 2 heterocycles. The molecule has 2 rings (SSSR count). The van der Waals surface area contributed by atoms with E-state index in [1.54, 1.807) is 13.1 Å². The normalized spacial score (nSPS) is 11.3. The maximum absolute atomic E-state index is 12.5. The van der Waals surface area contributed by atoms with Gasteiger partial charge in [0.1, 0.15) is 0 Å². The second-order valence-electron chi connectivity index (χ2n) is 5.06. The molecular formula is C14H17F2N3O3. The van der Waals surface area contributed by atoms with Crippen molar-refractivity contribution in [2.45, 2.75) is 26.4 Å². The van der Waals surface area contributed by atoms with Gasteiger partial charge in [-0.05, 0) is 12.0 Å². The topological polar surface area (TPSA) is 69.1 Å². The summed E-state index contributed by atoms with van der Waals surface area (Å²) in [5.74, 6) is -0.696. The van der Waals surface area contributed by atoms with Crippen molar-refractivity contribution in [1.82, 2.24) is 14.8 Å². The smallest absolute Gasteiger partial charge is 0.388 e. The highest BCUT2D eigenvalue weighted by Crippen LogP contribution is 2.33. The molecule has 0 saturated carbocycles. The van der Waals surface area contributed by atoms with Crippen molar-refractivity contribution < 1.29 is 23.0 Å². The van der Waals surface area contributed by atoms with Crippen molar-refractivity contribution in [1.29, 1.82) is 0 Å². The molecule has 22 heavy (non-hydrogen) atoms. The van der Waals surface area contributed by atoms with Crippen LogP contribution in [0, 0.1) is 0 Å². The van der Waals surface area contributed by atoms with Crippen LogP contribution in [0.2, 0.25) is 0 Å². The number of aromatic nitrogens is 3. The van der Waals surface area contributed by atoms with Crippen molar-refractivity contribution in [3.05, 3.63) is 23.5 Å². The third-order valence-electron chi connectivity index (χ3n) is 3.13. The van der Waals surface area contributed by atoms with Gasteiger partial charge in [-0.2, -0.15) is 8.78 Å². The summed E-state index contributed by atoms with van der Waals surface area (Å²) in [6.07, 6.45) is 1.50. The van der Waals surface area contributed by atoms with Crippen LogP contribution in [0.25, 0.3) is 11.3 Å². The van der Waals surface area contributed by atoms with E-state index in [0.717, 1.165) is 5.69 Å². The number of carbonyl (C=O) groups is 1. The number of rotatable bonds is 5. The molecule has 0 atom stereocenters. The summed E-state index contributed by atoms with van der Waals surface area (Å²) in [6, 6.07) is 1.64. The highest BCUT2D eigenvalue weighted by atomic mass is 19.3. The van der Waals surface area contributed by atoms with Gasteiger partial charge in [0, 0.05) is 18.9 Å². The molecule has 0 aliphatic rings. The van der Waals surface area contributed by atoms with Gasteiger partial charge in [0.2, 0.25) is 5.88 Å². The number of aryl methyl sites for hydroxylation is 1. The first kappa shape index (κ1) is 16.0. The zero-order valence-electron chi connectivity index (χ0n) is 12.7. The maximum Gasteiger partial charge on any atom is 0.388 e. The number of nitrogens with zero attached hydrogens (tertiary/aromatic N) is 2. The molecule has 1 N–H and O–H groups in total. The Bertz CT molecular complexity index is 677. The fraction of sp³-hybridized carbons (Fsp3) is 0.429. The monoisotopic (exact) mass is 313 g/mol. The molecule has 0 aromatic carbocycles. The van der Waals surface area contributed by atoms with Gasteiger partial charge in [-0.15, -0.1) is 5.10 Å². The minimum absolute atomic E-state index is 0.119. The number of ether oxygens (including phenoxy) is 2. The van der Waals surface area contributed by atoms with Crippen LogP contribution in [0.3, 0.4) is 0 Å². The SMILES string of the molecule is COC(=O)c1cc(C(C)C)[nH]c1-c1cn(C)nc1OC(F)F. The average molecular weight is 313 g/mol. The molecule has 2 aromatic heterocycles. The third kappa shape index (κ3) is 3.10. The third-order valence-corrected chi connectivity index (χ3v) is 3.13. The van der Waals surface area contributed by atoms with E-state index in [9.17, 15) is 13.6 Å². The largest absolute Gasteiger partial charge is 0.465 e. The van der Waals surface area contributed by atoms with Crippen LogP contribution in [0.1, 0.15) is 35.8 Å². The Hall–Kier alpha value is -2.38. The minimum atomic E-state index is -3.00. The lowest BCUT2D eigenvalue weighted by Gasteiger charge is -2.05. The van der Waals surface area contributed by atoms with Gasteiger partial charge in [0.25, 0.3) is 0 Å². The van der Waals surface area contributed by atoms with E-state index in [-0.39, 0.29) is 22.9 Å². The van der Waals surface area contributed by atoms with Crippen LogP contribution in [-0.2, 0) is 11.8 Å². The molecule has 0 saturated heterocycles. The summed E-state index contributed by atoms with van der Waals surface area (Å²) in [6.45, 7) is 0.877. The van der Waals surface area contributed by atoms with Crippen LogP contribution in [0.15, 0.2) is 12.3 Å². The Morgan fingerprint density at radius 2 is 2.09 bits per heavy atom. The van der Waals surface area contributed by atoms with Crippen LogP contribution >= 0.6 is 0 Å². The molecule has 0 unspecified atom stereocenters. The van der Waals surface area contributed by atoms with Crippen LogP contribution in [0.4, 0.5) is 8.78 Å². The Balaban J connectivity index is 2.58. The molecule has 0 amide bonds. The summed E-state index contributed by atoms with van der Waals surface area (Å²) in [5, 5.41) is 3.85. The first-order valence-electron chi connectivity index (χ1n) is 6.63. The second kappa shape index (κ2) is 6.17. The van der Waals surface area contributed by atoms with Gasteiger partial charge in [-0.1, -0.05) is 13.8 Å². The first-order valence-corrected chi connectivity index (χ1v) is 6.63. The summed E-state index contributed by atoms with van der Waals surface area (Å²) in [5.41, 5.74) is 1.65. The molecule has 2 aromatic rings. The summed E-state index contributed by atoms with van der Waals surface area (Å²) < 4.78 is 35.5. The second-order valence-corrected chi connectivity index (χ2v) is 5.06. The highest BCUT2D eigenvalue weighted by Gasteiger charge is 2.24. The standard InChI is InChI=1S/C14H17F2N3O3/c1-7(2)10-5-8(13(20)21-4)11(17-10)9-6-19(3)18-12(9)22-14(15)16/h5-7,14,17H,1-4H3. The number of hydrogen-bond donors (Lipinski definition) is 1. The number of halogens is 2. The summed E-state index contributed by atoms with van der Waals surface area (Å²) in [4.78, 5) is 15.0. The number of nitrogens with one attached hydrogen (secondary N) is 1. The molecule has 0 fully saturated rings. The van der Waals surface area contributed by atoms with Crippen LogP contribution in [-0.4, -0.2) is 34.5 Å². The van der Waals surface area contributed by atoms with E-state index in [1.165, 1.54) is 18.0 Å². The fourth-order valence-corrected chi connectivity index (χ4v) is 2.08. The number of alkyl halides is 2. The molecule has 0 aliphatic heterocycles. The summed E-state index contributed by atoms with van der Waals surface area (Å²) in [7, 11) is 2.83.